The van der Waals surface area contributed by atoms with Crippen LogP contribution in [0.4, 0.5) is 0 Å². The van der Waals surface area contributed by atoms with Crippen LogP contribution in [0.2, 0.25) is 0 Å². The van der Waals surface area contributed by atoms with Crippen LogP contribution in [-0.4, -0.2) is 28.4 Å². The number of imidazole rings is 1. The Bertz CT molecular complexity index is 745. The van der Waals surface area contributed by atoms with Crippen molar-refractivity contribution in [2.75, 3.05) is 7.11 Å². The number of esters is 1. The van der Waals surface area contributed by atoms with Crippen molar-refractivity contribution in [1.82, 2.24) is 9.55 Å². The summed E-state index contributed by atoms with van der Waals surface area (Å²) in [5.74, 6) is -0.312. The van der Waals surface area contributed by atoms with E-state index in [0.29, 0.717) is 18.5 Å². The SMILES string of the molecule is COC(=O)C1(CC(=O)c2cncn2[C@H](C)c2ccccc2)CCCC1. The van der Waals surface area contributed by atoms with Crippen molar-refractivity contribution in [2.45, 2.75) is 45.1 Å². The molecule has 0 aliphatic heterocycles. The molecule has 1 aromatic carbocycles. The number of nitrogens with zero attached hydrogens (tertiary/aromatic N) is 2. The number of hydrogen-bond donors (Lipinski definition) is 0. The molecule has 132 valence electrons. The molecule has 0 saturated heterocycles. The van der Waals surface area contributed by atoms with Gasteiger partial charge in [-0.1, -0.05) is 43.2 Å². The number of benzene rings is 1. The van der Waals surface area contributed by atoms with Gasteiger partial charge in [0.1, 0.15) is 5.69 Å². The van der Waals surface area contributed by atoms with Crippen LogP contribution in [0.15, 0.2) is 42.9 Å². The van der Waals surface area contributed by atoms with Crippen molar-refractivity contribution in [2.24, 2.45) is 5.41 Å². The molecular weight excluding hydrogens is 316 g/mol. The Balaban J connectivity index is 1.84. The maximum atomic E-state index is 13.0. The molecule has 0 spiro atoms. The van der Waals surface area contributed by atoms with Crippen LogP contribution in [0.5, 0.6) is 0 Å². The van der Waals surface area contributed by atoms with Crippen molar-refractivity contribution in [3.63, 3.8) is 0 Å². The van der Waals surface area contributed by atoms with E-state index in [-0.39, 0.29) is 24.2 Å². The second-order valence-corrected chi connectivity index (χ2v) is 6.85. The molecule has 25 heavy (non-hydrogen) atoms. The molecule has 0 N–H and O–H groups in total. The lowest BCUT2D eigenvalue weighted by molar-refractivity contribution is -0.152. The third kappa shape index (κ3) is 3.36. The monoisotopic (exact) mass is 340 g/mol. The van der Waals surface area contributed by atoms with Gasteiger partial charge in [-0.25, -0.2) is 4.98 Å². The summed E-state index contributed by atoms with van der Waals surface area (Å²) >= 11 is 0. The lowest BCUT2D eigenvalue weighted by Gasteiger charge is -2.25. The van der Waals surface area contributed by atoms with Gasteiger partial charge in [0, 0.05) is 6.42 Å². The molecule has 1 aromatic heterocycles. The highest BCUT2D eigenvalue weighted by molar-refractivity contribution is 5.97. The first kappa shape index (κ1) is 17.4. The zero-order chi connectivity index (χ0) is 17.9. The Morgan fingerprint density at radius 2 is 1.92 bits per heavy atom. The molecule has 1 atom stereocenters. The number of hydrogen-bond acceptors (Lipinski definition) is 4. The summed E-state index contributed by atoms with van der Waals surface area (Å²) in [5.41, 5.74) is 0.987. The van der Waals surface area contributed by atoms with E-state index in [1.54, 1.807) is 12.5 Å². The molecule has 3 rings (SSSR count). The van der Waals surface area contributed by atoms with Crippen LogP contribution < -0.4 is 0 Å². The van der Waals surface area contributed by atoms with E-state index in [0.717, 1.165) is 18.4 Å². The second kappa shape index (κ2) is 7.21. The predicted molar refractivity (Wildman–Crippen MR) is 94.3 cm³/mol. The number of ketones is 1. The number of ether oxygens (including phenoxy) is 1. The summed E-state index contributed by atoms with van der Waals surface area (Å²) in [7, 11) is 1.40. The molecule has 0 amide bonds. The fourth-order valence-electron chi connectivity index (χ4n) is 3.84. The highest BCUT2D eigenvalue weighted by Crippen LogP contribution is 2.43. The number of Topliss-reactive ketones (excluding diaryl/α,β-unsaturated/α-hetero) is 1. The molecule has 5 nitrogen and oxygen atoms in total. The Morgan fingerprint density at radius 3 is 2.56 bits per heavy atom. The second-order valence-electron chi connectivity index (χ2n) is 6.85. The summed E-state index contributed by atoms with van der Waals surface area (Å²) < 4.78 is 6.88. The number of carbonyl (C=O) groups excluding carboxylic acids is 2. The maximum absolute atomic E-state index is 13.0. The van der Waals surface area contributed by atoms with Gasteiger partial charge < -0.3 is 9.30 Å². The minimum absolute atomic E-state index is 0.000282. The van der Waals surface area contributed by atoms with Gasteiger partial charge in [-0.15, -0.1) is 0 Å². The summed E-state index contributed by atoms with van der Waals surface area (Å²) in [6.07, 6.45) is 6.82. The van der Waals surface area contributed by atoms with E-state index in [1.165, 1.54) is 7.11 Å². The maximum Gasteiger partial charge on any atom is 0.312 e. The average molecular weight is 340 g/mol. The third-order valence-electron chi connectivity index (χ3n) is 5.33. The van der Waals surface area contributed by atoms with Crippen LogP contribution in [0, 0.1) is 5.41 Å². The highest BCUT2D eigenvalue weighted by atomic mass is 16.5. The minimum Gasteiger partial charge on any atom is -0.469 e. The Labute approximate surface area is 148 Å². The summed E-state index contributed by atoms with van der Waals surface area (Å²) in [6.45, 7) is 2.04. The summed E-state index contributed by atoms with van der Waals surface area (Å²) in [6, 6.07) is 10.00. The first-order valence-corrected chi connectivity index (χ1v) is 8.76. The molecular formula is C20H24N2O3. The van der Waals surface area contributed by atoms with Crippen molar-refractivity contribution in [3.8, 4) is 0 Å². The smallest absolute Gasteiger partial charge is 0.312 e. The van der Waals surface area contributed by atoms with Crippen LogP contribution in [0.1, 0.15) is 61.1 Å². The molecule has 0 unspecified atom stereocenters. The lowest BCUT2D eigenvalue weighted by atomic mass is 9.80. The van der Waals surface area contributed by atoms with E-state index in [4.69, 9.17) is 4.74 Å². The van der Waals surface area contributed by atoms with Crippen molar-refractivity contribution in [3.05, 3.63) is 54.1 Å². The Kier molecular flexibility index (Phi) is 5.02. The van der Waals surface area contributed by atoms with Gasteiger partial charge in [-0.2, -0.15) is 0 Å². The first-order chi connectivity index (χ1) is 12.1. The minimum atomic E-state index is -0.670. The standard InChI is InChI=1S/C20H24N2O3/c1-15(16-8-4-3-5-9-16)22-14-21-13-17(22)18(23)12-20(19(24)25-2)10-6-7-11-20/h3-5,8-9,13-15H,6-7,10-12H2,1-2H3/t15-/m1/s1. The van der Waals surface area contributed by atoms with Gasteiger partial charge in [0.15, 0.2) is 5.78 Å². The highest BCUT2D eigenvalue weighted by Gasteiger charge is 2.44. The topological polar surface area (TPSA) is 61.2 Å². The van der Waals surface area contributed by atoms with Crippen LogP contribution in [0.3, 0.4) is 0 Å². The van der Waals surface area contributed by atoms with Crippen molar-refractivity contribution < 1.29 is 14.3 Å². The lowest BCUT2D eigenvalue weighted by Crippen LogP contribution is -2.32. The van der Waals surface area contributed by atoms with E-state index in [1.807, 2.05) is 41.8 Å². The van der Waals surface area contributed by atoms with E-state index in [9.17, 15) is 9.59 Å². The van der Waals surface area contributed by atoms with E-state index in [2.05, 4.69) is 4.98 Å². The zero-order valence-electron chi connectivity index (χ0n) is 14.8. The number of aromatic nitrogens is 2. The van der Waals surface area contributed by atoms with Crippen molar-refractivity contribution >= 4 is 11.8 Å². The first-order valence-electron chi connectivity index (χ1n) is 8.76. The van der Waals surface area contributed by atoms with Crippen molar-refractivity contribution in [1.29, 1.82) is 0 Å². The molecule has 1 saturated carbocycles. The molecule has 1 heterocycles. The normalized spacial score (nSPS) is 17.2. The molecule has 1 aliphatic rings. The molecule has 1 aliphatic carbocycles. The molecule has 5 heteroatoms. The number of rotatable bonds is 6. The predicted octanol–water partition coefficient (Wildman–Crippen LogP) is 3.80. The van der Waals surface area contributed by atoms with Gasteiger partial charge in [0.05, 0.1) is 31.1 Å². The number of methoxy groups -OCH3 is 1. The van der Waals surface area contributed by atoms with Gasteiger partial charge in [0.25, 0.3) is 0 Å². The molecule has 1 fully saturated rings. The van der Waals surface area contributed by atoms with E-state index >= 15 is 0 Å². The Morgan fingerprint density at radius 1 is 1.24 bits per heavy atom. The molecule has 0 bridgehead atoms. The fraction of sp³-hybridized carbons (Fsp3) is 0.450. The largest absolute Gasteiger partial charge is 0.469 e. The van der Waals surface area contributed by atoms with Gasteiger partial charge in [0.2, 0.25) is 0 Å². The average Bonchev–Trinajstić information content (AvgIpc) is 3.31. The third-order valence-corrected chi connectivity index (χ3v) is 5.33. The van der Waals surface area contributed by atoms with Gasteiger partial charge >= 0.3 is 5.97 Å². The quantitative estimate of drug-likeness (QED) is 0.593. The zero-order valence-corrected chi connectivity index (χ0v) is 14.8. The van der Waals surface area contributed by atoms with Gasteiger partial charge in [-0.05, 0) is 25.3 Å². The van der Waals surface area contributed by atoms with Crippen LogP contribution >= 0.6 is 0 Å². The molecule has 0 radical (unpaired) electrons. The van der Waals surface area contributed by atoms with Gasteiger partial charge in [-0.3, -0.25) is 9.59 Å². The van der Waals surface area contributed by atoms with Crippen LogP contribution in [-0.2, 0) is 9.53 Å². The number of carbonyl (C=O) groups is 2. The summed E-state index contributed by atoms with van der Waals surface area (Å²) in [5, 5.41) is 0. The molecule has 2 aromatic rings. The Hall–Kier alpha value is -2.43. The fourth-order valence-corrected chi connectivity index (χ4v) is 3.84. The summed E-state index contributed by atoms with van der Waals surface area (Å²) in [4.78, 5) is 29.4. The van der Waals surface area contributed by atoms with Crippen LogP contribution in [0.25, 0.3) is 0 Å². The van der Waals surface area contributed by atoms with E-state index < -0.39 is 5.41 Å².